The van der Waals surface area contributed by atoms with Crippen LogP contribution >= 0.6 is 11.6 Å². The van der Waals surface area contributed by atoms with Crippen LogP contribution in [0, 0.1) is 0 Å². The molecular formula is C25H25ClN2O4. The fraction of sp³-hybridized carbons (Fsp3) is 0.280. The standard InChI is InChI=1S/C25H25ClN2O4/c1-31-23-11-9-19(14-24(23)32-20-6-2-3-7-20)28(16-17-5-4-12-27-15-17)18-8-10-22(26)21(13-18)25(29)30/h4-5,8-15,20H,2-3,6-7,16H2,1H3,(H,29,30). The Morgan fingerprint density at radius 1 is 1.12 bits per heavy atom. The highest BCUT2D eigenvalue weighted by Gasteiger charge is 2.21. The molecule has 1 saturated carbocycles. The summed E-state index contributed by atoms with van der Waals surface area (Å²) in [5.74, 6) is 0.281. The number of halogens is 1. The molecule has 0 spiro atoms. The first-order chi connectivity index (χ1) is 15.5. The number of anilines is 2. The molecule has 2 aromatic carbocycles. The second-order valence-electron chi connectivity index (χ2n) is 7.78. The highest BCUT2D eigenvalue weighted by atomic mass is 35.5. The zero-order valence-corrected chi connectivity index (χ0v) is 18.6. The predicted molar refractivity (Wildman–Crippen MR) is 124 cm³/mol. The van der Waals surface area contributed by atoms with Gasteiger partial charge >= 0.3 is 5.97 Å². The molecular weight excluding hydrogens is 428 g/mol. The molecule has 0 bridgehead atoms. The Hall–Kier alpha value is -3.25. The average Bonchev–Trinajstić information content (AvgIpc) is 3.31. The summed E-state index contributed by atoms with van der Waals surface area (Å²) in [6.07, 6.45) is 8.10. The number of carboxylic acid groups (broad SMARTS) is 1. The Morgan fingerprint density at radius 3 is 2.56 bits per heavy atom. The van der Waals surface area contributed by atoms with Crippen molar-refractivity contribution >= 4 is 28.9 Å². The van der Waals surface area contributed by atoms with Crippen molar-refractivity contribution in [2.24, 2.45) is 0 Å². The van der Waals surface area contributed by atoms with Crippen LogP contribution in [0.2, 0.25) is 5.02 Å². The first-order valence-corrected chi connectivity index (χ1v) is 11.0. The molecule has 1 fully saturated rings. The molecule has 7 heteroatoms. The van der Waals surface area contributed by atoms with Gasteiger partial charge in [0.2, 0.25) is 0 Å². The topological polar surface area (TPSA) is 71.9 Å². The molecule has 0 saturated heterocycles. The third-order valence-corrected chi connectivity index (χ3v) is 5.94. The summed E-state index contributed by atoms with van der Waals surface area (Å²) in [7, 11) is 1.63. The first kappa shape index (κ1) is 22.0. The number of carbonyl (C=O) groups is 1. The number of methoxy groups -OCH3 is 1. The summed E-state index contributed by atoms with van der Waals surface area (Å²) in [6.45, 7) is 0.490. The number of benzene rings is 2. The number of rotatable bonds is 8. The van der Waals surface area contributed by atoms with Gasteiger partial charge < -0.3 is 19.5 Å². The van der Waals surface area contributed by atoms with Gasteiger partial charge in [-0.2, -0.15) is 0 Å². The SMILES string of the molecule is COc1ccc(N(Cc2cccnc2)c2ccc(Cl)c(C(=O)O)c2)cc1OC1CCCC1. The van der Waals surface area contributed by atoms with Gasteiger partial charge in [-0.15, -0.1) is 0 Å². The number of nitrogens with zero attached hydrogens (tertiary/aromatic N) is 2. The van der Waals surface area contributed by atoms with Gasteiger partial charge in [0.25, 0.3) is 0 Å². The van der Waals surface area contributed by atoms with Crippen LogP contribution in [0.5, 0.6) is 11.5 Å². The molecule has 166 valence electrons. The van der Waals surface area contributed by atoms with E-state index in [1.165, 1.54) is 12.8 Å². The molecule has 0 unspecified atom stereocenters. The maximum Gasteiger partial charge on any atom is 0.337 e. The zero-order valence-electron chi connectivity index (χ0n) is 17.8. The van der Waals surface area contributed by atoms with Crippen LogP contribution in [0.3, 0.4) is 0 Å². The first-order valence-electron chi connectivity index (χ1n) is 10.6. The maximum atomic E-state index is 11.7. The van der Waals surface area contributed by atoms with Crippen molar-refractivity contribution in [1.82, 2.24) is 4.98 Å². The number of hydrogen-bond acceptors (Lipinski definition) is 5. The Bertz CT molecular complexity index is 1080. The lowest BCUT2D eigenvalue weighted by Gasteiger charge is -2.27. The van der Waals surface area contributed by atoms with E-state index in [1.54, 1.807) is 31.6 Å². The molecule has 0 radical (unpaired) electrons. The smallest absolute Gasteiger partial charge is 0.337 e. The van der Waals surface area contributed by atoms with Crippen molar-refractivity contribution < 1.29 is 19.4 Å². The fourth-order valence-corrected chi connectivity index (χ4v) is 4.16. The molecule has 3 aromatic rings. The summed E-state index contributed by atoms with van der Waals surface area (Å²) in [5.41, 5.74) is 2.58. The predicted octanol–water partition coefficient (Wildman–Crippen LogP) is 6.10. The zero-order chi connectivity index (χ0) is 22.5. The molecule has 1 aliphatic rings. The lowest BCUT2D eigenvalue weighted by Crippen LogP contribution is -2.18. The van der Waals surface area contributed by atoms with Crippen molar-refractivity contribution in [3.63, 3.8) is 0 Å². The molecule has 0 aliphatic heterocycles. The Kier molecular flexibility index (Phi) is 6.81. The van der Waals surface area contributed by atoms with E-state index in [4.69, 9.17) is 21.1 Å². The molecule has 0 atom stereocenters. The van der Waals surface area contributed by atoms with Crippen LogP contribution in [0.25, 0.3) is 0 Å². The van der Waals surface area contributed by atoms with Crippen LogP contribution in [0.1, 0.15) is 41.6 Å². The highest BCUT2D eigenvalue weighted by Crippen LogP contribution is 2.38. The summed E-state index contributed by atoms with van der Waals surface area (Å²) in [4.78, 5) is 17.9. The Labute approximate surface area is 192 Å². The van der Waals surface area contributed by atoms with E-state index in [2.05, 4.69) is 4.98 Å². The van der Waals surface area contributed by atoms with Crippen molar-refractivity contribution in [1.29, 1.82) is 0 Å². The molecule has 6 nitrogen and oxygen atoms in total. The van der Waals surface area contributed by atoms with Crippen LogP contribution in [-0.2, 0) is 6.54 Å². The largest absolute Gasteiger partial charge is 0.493 e. The second-order valence-corrected chi connectivity index (χ2v) is 8.18. The van der Waals surface area contributed by atoms with E-state index in [9.17, 15) is 9.90 Å². The van der Waals surface area contributed by atoms with Crippen molar-refractivity contribution in [2.75, 3.05) is 12.0 Å². The van der Waals surface area contributed by atoms with Gasteiger partial charge in [0, 0.05) is 36.4 Å². The van der Waals surface area contributed by atoms with Gasteiger partial charge in [-0.3, -0.25) is 4.98 Å². The second kappa shape index (κ2) is 9.92. The van der Waals surface area contributed by atoms with Crippen molar-refractivity contribution in [3.8, 4) is 11.5 Å². The monoisotopic (exact) mass is 452 g/mol. The van der Waals surface area contributed by atoms with E-state index in [0.29, 0.717) is 23.7 Å². The van der Waals surface area contributed by atoms with Crippen LogP contribution < -0.4 is 14.4 Å². The molecule has 0 amide bonds. The highest BCUT2D eigenvalue weighted by molar-refractivity contribution is 6.33. The minimum atomic E-state index is -1.07. The Balaban J connectivity index is 1.76. The molecule has 1 aromatic heterocycles. The Morgan fingerprint density at radius 2 is 1.88 bits per heavy atom. The molecule has 32 heavy (non-hydrogen) atoms. The lowest BCUT2D eigenvalue weighted by molar-refractivity contribution is 0.0697. The molecule has 1 heterocycles. The molecule has 1 aliphatic carbocycles. The normalized spacial score (nSPS) is 13.7. The summed E-state index contributed by atoms with van der Waals surface area (Å²) in [6, 6.07) is 14.6. The van der Waals surface area contributed by atoms with Crippen molar-refractivity contribution in [2.45, 2.75) is 38.3 Å². The summed E-state index contributed by atoms with van der Waals surface area (Å²) in [5, 5.41) is 9.75. The number of aromatic nitrogens is 1. The third-order valence-electron chi connectivity index (χ3n) is 5.61. The van der Waals surface area contributed by atoms with Crippen LogP contribution in [-0.4, -0.2) is 29.3 Å². The van der Waals surface area contributed by atoms with Gasteiger partial charge in [0.1, 0.15) is 0 Å². The number of ether oxygens (including phenoxy) is 2. The summed E-state index contributed by atoms with van der Waals surface area (Å²) < 4.78 is 11.8. The average molecular weight is 453 g/mol. The van der Waals surface area contributed by atoms with Crippen LogP contribution in [0.15, 0.2) is 60.9 Å². The van der Waals surface area contributed by atoms with E-state index in [-0.39, 0.29) is 16.7 Å². The molecule has 4 rings (SSSR count). The van der Waals surface area contributed by atoms with E-state index in [0.717, 1.165) is 24.1 Å². The number of aromatic carboxylic acids is 1. The maximum absolute atomic E-state index is 11.7. The quantitative estimate of drug-likeness (QED) is 0.445. The van der Waals surface area contributed by atoms with E-state index >= 15 is 0 Å². The van der Waals surface area contributed by atoms with Gasteiger partial charge in [0.15, 0.2) is 11.5 Å². The number of carboxylic acids is 1. The molecule has 1 N–H and O–H groups in total. The van der Waals surface area contributed by atoms with Gasteiger partial charge in [0.05, 0.1) is 23.8 Å². The van der Waals surface area contributed by atoms with E-state index in [1.807, 2.05) is 41.3 Å². The third kappa shape index (κ3) is 4.97. The van der Waals surface area contributed by atoms with Gasteiger partial charge in [-0.25, -0.2) is 4.79 Å². The number of hydrogen-bond donors (Lipinski definition) is 1. The van der Waals surface area contributed by atoms with Gasteiger partial charge in [-0.05, 0) is 67.6 Å². The lowest BCUT2D eigenvalue weighted by atomic mass is 10.1. The van der Waals surface area contributed by atoms with E-state index < -0.39 is 5.97 Å². The fourth-order valence-electron chi connectivity index (χ4n) is 3.96. The number of pyridine rings is 1. The van der Waals surface area contributed by atoms with Crippen LogP contribution in [0.4, 0.5) is 11.4 Å². The van der Waals surface area contributed by atoms with Crippen molar-refractivity contribution in [3.05, 3.63) is 77.1 Å². The van der Waals surface area contributed by atoms with Gasteiger partial charge in [-0.1, -0.05) is 17.7 Å². The minimum Gasteiger partial charge on any atom is -0.493 e. The minimum absolute atomic E-state index is 0.0521. The summed E-state index contributed by atoms with van der Waals surface area (Å²) >= 11 is 6.12.